The van der Waals surface area contributed by atoms with E-state index in [0.717, 1.165) is 16.7 Å². The molecule has 0 radical (unpaired) electrons. The molecule has 0 fully saturated rings. The van der Waals surface area contributed by atoms with Crippen LogP contribution < -0.4 is 5.32 Å². The van der Waals surface area contributed by atoms with E-state index in [1.807, 2.05) is 35.7 Å². The van der Waals surface area contributed by atoms with Gasteiger partial charge in [-0.2, -0.15) is 11.3 Å². The van der Waals surface area contributed by atoms with Crippen molar-refractivity contribution in [3.8, 4) is 11.1 Å². The minimum absolute atomic E-state index is 0.143. The van der Waals surface area contributed by atoms with Gasteiger partial charge in [-0.15, -0.1) is 0 Å². The summed E-state index contributed by atoms with van der Waals surface area (Å²) in [5.41, 5.74) is 3.61. The van der Waals surface area contributed by atoms with Crippen molar-refractivity contribution in [2.75, 3.05) is 6.54 Å². The Morgan fingerprint density at radius 3 is 2.60 bits per heavy atom. The first-order valence-corrected chi connectivity index (χ1v) is 9.30. The Hall–Kier alpha value is -2.14. The van der Waals surface area contributed by atoms with Gasteiger partial charge >= 0.3 is 0 Å². The van der Waals surface area contributed by atoms with Crippen LogP contribution in [0, 0.1) is 0 Å². The largest absolute Gasteiger partial charge is 0.388 e. The summed E-state index contributed by atoms with van der Waals surface area (Å²) in [6, 6.07) is 16.7. The maximum atomic E-state index is 12.2. The molecule has 3 nitrogen and oxygen atoms in total. The summed E-state index contributed by atoms with van der Waals surface area (Å²) in [4.78, 5) is 12.2. The van der Waals surface area contributed by atoms with E-state index in [-0.39, 0.29) is 5.91 Å². The second-order valence-electron chi connectivity index (χ2n) is 5.70. The van der Waals surface area contributed by atoms with Gasteiger partial charge < -0.3 is 10.4 Å². The number of thiophene rings is 1. The molecule has 0 saturated heterocycles. The molecule has 3 aromatic rings. The molecular weight excluding hydrogens is 354 g/mol. The molecule has 0 spiro atoms. The van der Waals surface area contributed by atoms with Crippen LogP contribution >= 0.6 is 22.9 Å². The zero-order valence-electron chi connectivity index (χ0n) is 13.5. The fourth-order valence-corrected chi connectivity index (χ4v) is 3.41. The molecule has 2 aromatic carbocycles. The van der Waals surface area contributed by atoms with Crippen molar-refractivity contribution in [1.29, 1.82) is 0 Å². The normalized spacial score (nSPS) is 11.9. The summed E-state index contributed by atoms with van der Waals surface area (Å²) in [7, 11) is 0. The first-order valence-electron chi connectivity index (χ1n) is 7.98. The molecule has 1 atom stereocenters. The smallest absolute Gasteiger partial charge is 0.251 e. The molecule has 2 N–H and O–H groups in total. The monoisotopic (exact) mass is 371 g/mol. The minimum Gasteiger partial charge on any atom is -0.388 e. The fourth-order valence-electron chi connectivity index (χ4n) is 2.55. The van der Waals surface area contributed by atoms with Gasteiger partial charge in [0.1, 0.15) is 0 Å². The first kappa shape index (κ1) is 17.7. The van der Waals surface area contributed by atoms with Crippen LogP contribution in [0.2, 0.25) is 5.02 Å². The van der Waals surface area contributed by atoms with E-state index in [4.69, 9.17) is 11.6 Å². The maximum absolute atomic E-state index is 12.2. The zero-order chi connectivity index (χ0) is 17.6. The van der Waals surface area contributed by atoms with Gasteiger partial charge in [0.15, 0.2) is 0 Å². The van der Waals surface area contributed by atoms with Crippen molar-refractivity contribution in [1.82, 2.24) is 5.32 Å². The van der Waals surface area contributed by atoms with Crippen LogP contribution in [0.25, 0.3) is 11.1 Å². The fraction of sp³-hybridized carbons (Fsp3) is 0.150. The van der Waals surface area contributed by atoms with Gasteiger partial charge in [0.2, 0.25) is 0 Å². The summed E-state index contributed by atoms with van der Waals surface area (Å²) in [5, 5.41) is 17.7. The Labute approximate surface area is 155 Å². The third kappa shape index (κ3) is 4.69. The maximum Gasteiger partial charge on any atom is 0.251 e. The van der Waals surface area contributed by atoms with Crippen molar-refractivity contribution in [3.05, 3.63) is 81.5 Å². The average Bonchev–Trinajstić information content (AvgIpc) is 3.16. The lowest BCUT2D eigenvalue weighted by atomic mass is 10.1. The first-order chi connectivity index (χ1) is 12.1. The third-order valence-corrected chi connectivity index (χ3v) is 4.86. The van der Waals surface area contributed by atoms with Gasteiger partial charge in [0.25, 0.3) is 5.91 Å². The lowest BCUT2D eigenvalue weighted by Crippen LogP contribution is -2.25. The molecule has 1 heterocycles. The van der Waals surface area contributed by atoms with Crippen LogP contribution in [0.1, 0.15) is 28.4 Å². The Morgan fingerprint density at radius 1 is 1.12 bits per heavy atom. The quantitative estimate of drug-likeness (QED) is 0.646. The van der Waals surface area contributed by atoms with Crippen LogP contribution in [0.4, 0.5) is 0 Å². The molecule has 1 amide bonds. The van der Waals surface area contributed by atoms with Gasteiger partial charge in [-0.25, -0.2) is 0 Å². The number of aliphatic hydroxyl groups is 1. The minimum atomic E-state index is -0.653. The molecule has 0 aliphatic heterocycles. The molecular formula is C20H18ClNO2S. The van der Waals surface area contributed by atoms with Crippen LogP contribution in [-0.2, 0) is 0 Å². The van der Waals surface area contributed by atoms with Crippen LogP contribution in [0.5, 0.6) is 0 Å². The van der Waals surface area contributed by atoms with Crippen molar-refractivity contribution in [3.63, 3.8) is 0 Å². The zero-order valence-corrected chi connectivity index (χ0v) is 15.1. The van der Waals surface area contributed by atoms with Gasteiger partial charge in [-0.05, 0) is 64.2 Å². The Bertz CT molecular complexity index is 831. The van der Waals surface area contributed by atoms with E-state index in [2.05, 4.69) is 16.8 Å². The third-order valence-electron chi connectivity index (χ3n) is 3.94. The number of hydrogen-bond acceptors (Lipinski definition) is 3. The van der Waals surface area contributed by atoms with E-state index in [1.54, 1.807) is 29.5 Å². The predicted molar refractivity (Wildman–Crippen MR) is 103 cm³/mol. The molecule has 0 saturated carbocycles. The number of benzene rings is 2. The average molecular weight is 372 g/mol. The van der Waals surface area contributed by atoms with Gasteiger partial charge in [0.05, 0.1) is 6.10 Å². The Balaban J connectivity index is 1.52. The molecule has 5 heteroatoms. The van der Waals surface area contributed by atoms with Crippen molar-refractivity contribution < 1.29 is 9.90 Å². The topological polar surface area (TPSA) is 49.3 Å². The van der Waals surface area contributed by atoms with Crippen molar-refractivity contribution in [2.45, 2.75) is 12.5 Å². The number of amides is 1. The molecule has 3 rings (SSSR count). The van der Waals surface area contributed by atoms with Crippen LogP contribution in [0.15, 0.2) is 65.4 Å². The van der Waals surface area contributed by atoms with Crippen molar-refractivity contribution >= 4 is 28.8 Å². The molecule has 0 aliphatic carbocycles. The number of carbonyl (C=O) groups is 1. The van der Waals surface area contributed by atoms with E-state index in [9.17, 15) is 9.90 Å². The summed E-state index contributed by atoms with van der Waals surface area (Å²) in [6.45, 7) is 0.388. The van der Waals surface area contributed by atoms with Gasteiger partial charge in [-0.1, -0.05) is 35.9 Å². The Morgan fingerprint density at radius 2 is 1.92 bits per heavy atom. The number of nitrogens with one attached hydrogen (secondary N) is 1. The van der Waals surface area contributed by atoms with Gasteiger partial charge in [-0.3, -0.25) is 4.79 Å². The molecule has 1 aromatic heterocycles. The van der Waals surface area contributed by atoms with Gasteiger partial charge in [0, 0.05) is 17.1 Å². The molecule has 0 aliphatic rings. The second kappa shape index (κ2) is 8.30. The second-order valence-corrected chi connectivity index (χ2v) is 6.92. The SMILES string of the molecule is O=C(NCCC(O)c1cccc(Cl)c1)c1ccc(-c2ccsc2)cc1. The number of rotatable bonds is 6. The van der Waals surface area contributed by atoms with E-state index in [1.165, 1.54) is 0 Å². The number of carbonyl (C=O) groups excluding carboxylic acids is 1. The summed E-state index contributed by atoms with van der Waals surface area (Å²) in [6.07, 6.45) is -0.223. The number of halogens is 1. The number of aliphatic hydroxyl groups excluding tert-OH is 1. The highest BCUT2D eigenvalue weighted by Gasteiger charge is 2.10. The van der Waals surface area contributed by atoms with Crippen molar-refractivity contribution in [2.24, 2.45) is 0 Å². The highest BCUT2D eigenvalue weighted by molar-refractivity contribution is 7.08. The molecule has 0 bridgehead atoms. The van der Waals surface area contributed by atoms with E-state index >= 15 is 0 Å². The van der Waals surface area contributed by atoms with Crippen LogP contribution in [0.3, 0.4) is 0 Å². The lowest BCUT2D eigenvalue weighted by Gasteiger charge is -2.12. The predicted octanol–water partition coefficient (Wildman–Crippen LogP) is 4.92. The standard InChI is InChI=1S/C20H18ClNO2S/c21-18-3-1-2-16(12-18)19(23)8-10-22-20(24)15-6-4-14(5-7-15)17-9-11-25-13-17/h1-7,9,11-13,19,23H,8,10H2,(H,22,24). The molecule has 25 heavy (non-hydrogen) atoms. The molecule has 128 valence electrons. The highest BCUT2D eigenvalue weighted by Crippen LogP contribution is 2.22. The summed E-state index contributed by atoms with van der Waals surface area (Å²) < 4.78 is 0. The number of hydrogen-bond donors (Lipinski definition) is 2. The molecule has 1 unspecified atom stereocenters. The summed E-state index contributed by atoms with van der Waals surface area (Å²) >= 11 is 7.57. The van der Waals surface area contributed by atoms with Crippen LogP contribution in [-0.4, -0.2) is 17.6 Å². The highest BCUT2D eigenvalue weighted by atomic mass is 35.5. The van der Waals surface area contributed by atoms with E-state index < -0.39 is 6.10 Å². The summed E-state index contributed by atoms with van der Waals surface area (Å²) in [5.74, 6) is -0.143. The Kier molecular flexibility index (Phi) is 5.87. The van der Waals surface area contributed by atoms with E-state index in [0.29, 0.717) is 23.6 Å². The lowest BCUT2D eigenvalue weighted by molar-refractivity contribution is 0.0942.